The van der Waals surface area contributed by atoms with Gasteiger partial charge in [-0.2, -0.15) is 0 Å². The van der Waals surface area contributed by atoms with Crippen LogP contribution in [0.4, 0.5) is 0 Å². The molecule has 1 aliphatic rings. The molecule has 0 N–H and O–H groups in total. The van der Waals surface area contributed by atoms with Crippen molar-refractivity contribution in [1.29, 1.82) is 0 Å². The summed E-state index contributed by atoms with van der Waals surface area (Å²) in [6.07, 6.45) is 3.85. The number of hydrogen-bond acceptors (Lipinski definition) is 0. The van der Waals surface area contributed by atoms with Gasteiger partial charge in [0.05, 0.1) is 4.60 Å². The molecular formula is C10H14BrN. The van der Waals surface area contributed by atoms with Crippen LogP contribution in [0.25, 0.3) is 0 Å². The molecule has 0 aliphatic heterocycles. The number of fused-ring (bicyclic) bond motifs is 1. The second-order valence-electron chi connectivity index (χ2n) is 3.85. The van der Waals surface area contributed by atoms with Crippen molar-refractivity contribution >= 4 is 15.9 Å². The lowest BCUT2D eigenvalue weighted by molar-refractivity contribution is 0.489. The van der Waals surface area contributed by atoms with Gasteiger partial charge >= 0.3 is 0 Å². The van der Waals surface area contributed by atoms with Crippen LogP contribution in [0.1, 0.15) is 24.6 Å². The second kappa shape index (κ2) is 2.91. The molecule has 0 radical (unpaired) electrons. The van der Waals surface area contributed by atoms with Gasteiger partial charge in [0.15, 0.2) is 0 Å². The third-order valence-corrected chi connectivity index (χ3v) is 3.59. The quantitative estimate of drug-likeness (QED) is 0.643. The Bertz CT molecular complexity index is 301. The van der Waals surface area contributed by atoms with Crippen LogP contribution < -0.4 is 0 Å². The number of aromatic nitrogens is 1. The molecule has 1 aliphatic carbocycles. The van der Waals surface area contributed by atoms with E-state index < -0.39 is 0 Å². The first kappa shape index (κ1) is 8.36. The Morgan fingerprint density at radius 2 is 2.33 bits per heavy atom. The van der Waals surface area contributed by atoms with Gasteiger partial charge in [-0.1, -0.05) is 6.92 Å². The van der Waals surface area contributed by atoms with Crippen LogP contribution in [0, 0.1) is 5.92 Å². The predicted octanol–water partition coefficient (Wildman–Crippen LogP) is 2.91. The molecule has 1 aromatic rings. The van der Waals surface area contributed by atoms with Gasteiger partial charge in [0.25, 0.3) is 0 Å². The summed E-state index contributed by atoms with van der Waals surface area (Å²) < 4.78 is 3.49. The standard InChI is InChI=1S/C10H14BrN/c1-7-3-4-9-8(5-7)6-10(11)12(9)2/h6-7H,3-5H2,1-2H3. The normalized spacial score (nSPS) is 22.4. The monoisotopic (exact) mass is 227 g/mol. The van der Waals surface area contributed by atoms with Crippen LogP contribution in [0.5, 0.6) is 0 Å². The minimum absolute atomic E-state index is 0.867. The molecule has 0 amide bonds. The van der Waals surface area contributed by atoms with E-state index in [4.69, 9.17) is 0 Å². The van der Waals surface area contributed by atoms with Gasteiger partial charge in [-0.05, 0) is 52.7 Å². The molecule has 1 nitrogen and oxygen atoms in total. The number of halogens is 1. The topological polar surface area (TPSA) is 4.93 Å². The van der Waals surface area contributed by atoms with Crippen molar-refractivity contribution in [2.24, 2.45) is 13.0 Å². The SMILES string of the molecule is CC1CCc2c(cc(Br)n2C)C1. The summed E-state index contributed by atoms with van der Waals surface area (Å²) in [7, 11) is 2.14. The van der Waals surface area contributed by atoms with Crippen LogP contribution >= 0.6 is 15.9 Å². The smallest absolute Gasteiger partial charge is 0.0848 e. The van der Waals surface area contributed by atoms with Crippen molar-refractivity contribution in [2.75, 3.05) is 0 Å². The van der Waals surface area contributed by atoms with Gasteiger partial charge in [0.2, 0.25) is 0 Å². The maximum Gasteiger partial charge on any atom is 0.0848 e. The highest BCUT2D eigenvalue weighted by atomic mass is 79.9. The maximum absolute atomic E-state index is 3.56. The molecular weight excluding hydrogens is 214 g/mol. The minimum atomic E-state index is 0.867. The molecule has 1 atom stereocenters. The van der Waals surface area contributed by atoms with Crippen LogP contribution in [0.3, 0.4) is 0 Å². The van der Waals surface area contributed by atoms with E-state index >= 15 is 0 Å². The summed E-state index contributed by atoms with van der Waals surface area (Å²) in [5.41, 5.74) is 3.07. The number of nitrogens with zero attached hydrogens (tertiary/aromatic N) is 1. The van der Waals surface area contributed by atoms with E-state index in [1.165, 1.54) is 29.6 Å². The first-order valence-electron chi connectivity index (χ1n) is 4.51. The largest absolute Gasteiger partial charge is 0.342 e. The summed E-state index contributed by atoms with van der Waals surface area (Å²) >= 11 is 3.56. The Labute approximate surface area is 81.9 Å². The van der Waals surface area contributed by atoms with Gasteiger partial charge in [-0.25, -0.2) is 0 Å². The van der Waals surface area contributed by atoms with E-state index in [0.717, 1.165) is 5.92 Å². The van der Waals surface area contributed by atoms with Crippen LogP contribution in [0.2, 0.25) is 0 Å². The molecule has 0 aromatic carbocycles. The average molecular weight is 228 g/mol. The fourth-order valence-electron chi connectivity index (χ4n) is 2.03. The van der Waals surface area contributed by atoms with E-state index in [1.807, 2.05) is 0 Å². The molecule has 1 aromatic heterocycles. The Balaban J connectivity index is 2.43. The lowest BCUT2D eigenvalue weighted by Crippen LogP contribution is -2.12. The minimum Gasteiger partial charge on any atom is -0.342 e. The highest BCUT2D eigenvalue weighted by Gasteiger charge is 2.18. The van der Waals surface area contributed by atoms with Gasteiger partial charge in [-0.3, -0.25) is 0 Å². The summed E-state index contributed by atoms with van der Waals surface area (Å²) in [6, 6.07) is 2.27. The average Bonchev–Trinajstić information content (AvgIpc) is 2.28. The molecule has 0 bridgehead atoms. The van der Waals surface area contributed by atoms with Crippen LogP contribution in [-0.2, 0) is 19.9 Å². The van der Waals surface area contributed by atoms with Gasteiger partial charge < -0.3 is 4.57 Å². The number of hydrogen-bond donors (Lipinski definition) is 0. The zero-order valence-corrected chi connectivity index (χ0v) is 9.19. The summed E-state index contributed by atoms with van der Waals surface area (Å²) in [4.78, 5) is 0. The van der Waals surface area contributed by atoms with Crippen LogP contribution in [-0.4, -0.2) is 4.57 Å². The maximum atomic E-state index is 3.56. The second-order valence-corrected chi connectivity index (χ2v) is 4.66. The first-order valence-corrected chi connectivity index (χ1v) is 5.30. The van der Waals surface area contributed by atoms with E-state index in [1.54, 1.807) is 5.56 Å². The van der Waals surface area contributed by atoms with E-state index in [0.29, 0.717) is 0 Å². The Kier molecular flexibility index (Phi) is 2.03. The van der Waals surface area contributed by atoms with Gasteiger partial charge in [0.1, 0.15) is 0 Å². The molecule has 1 unspecified atom stereocenters. The lowest BCUT2D eigenvalue weighted by Gasteiger charge is -2.19. The van der Waals surface area contributed by atoms with Gasteiger partial charge in [0, 0.05) is 12.7 Å². The molecule has 2 rings (SSSR count). The van der Waals surface area contributed by atoms with Crippen molar-refractivity contribution < 1.29 is 0 Å². The third kappa shape index (κ3) is 1.22. The van der Waals surface area contributed by atoms with Crippen molar-refractivity contribution in [3.8, 4) is 0 Å². The summed E-state index contributed by atoms with van der Waals surface area (Å²) in [5.74, 6) is 0.867. The van der Waals surface area contributed by atoms with Crippen molar-refractivity contribution in [1.82, 2.24) is 4.57 Å². The summed E-state index contributed by atoms with van der Waals surface area (Å²) in [5, 5.41) is 0. The highest BCUT2D eigenvalue weighted by molar-refractivity contribution is 9.10. The fourth-order valence-corrected chi connectivity index (χ4v) is 2.52. The Hall–Kier alpha value is -0.240. The number of rotatable bonds is 0. The van der Waals surface area contributed by atoms with Crippen molar-refractivity contribution in [3.05, 3.63) is 21.9 Å². The summed E-state index contributed by atoms with van der Waals surface area (Å²) in [6.45, 7) is 2.34. The zero-order chi connectivity index (χ0) is 8.72. The van der Waals surface area contributed by atoms with E-state index in [2.05, 4.69) is 40.5 Å². The Morgan fingerprint density at radius 3 is 3.08 bits per heavy atom. The highest BCUT2D eigenvalue weighted by Crippen LogP contribution is 2.29. The molecule has 1 heterocycles. The molecule has 0 spiro atoms. The first-order chi connectivity index (χ1) is 5.68. The predicted molar refractivity (Wildman–Crippen MR) is 54.3 cm³/mol. The third-order valence-electron chi connectivity index (χ3n) is 2.83. The van der Waals surface area contributed by atoms with E-state index in [-0.39, 0.29) is 0 Å². The molecule has 0 fully saturated rings. The van der Waals surface area contributed by atoms with E-state index in [9.17, 15) is 0 Å². The van der Waals surface area contributed by atoms with Crippen molar-refractivity contribution in [3.63, 3.8) is 0 Å². The van der Waals surface area contributed by atoms with Gasteiger partial charge in [-0.15, -0.1) is 0 Å². The molecule has 66 valence electrons. The molecule has 2 heteroatoms. The molecule has 0 saturated heterocycles. The molecule has 12 heavy (non-hydrogen) atoms. The van der Waals surface area contributed by atoms with Crippen molar-refractivity contribution in [2.45, 2.75) is 26.2 Å². The zero-order valence-electron chi connectivity index (χ0n) is 7.60. The fraction of sp³-hybridized carbons (Fsp3) is 0.600. The Morgan fingerprint density at radius 1 is 1.58 bits per heavy atom. The lowest BCUT2D eigenvalue weighted by atomic mass is 9.89. The van der Waals surface area contributed by atoms with Crippen LogP contribution in [0.15, 0.2) is 10.7 Å². The molecule has 0 saturated carbocycles.